The van der Waals surface area contributed by atoms with E-state index in [4.69, 9.17) is 4.42 Å². The van der Waals surface area contributed by atoms with E-state index < -0.39 is 21.7 Å². The summed E-state index contributed by atoms with van der Waals surface area (Å²) >= 11 is 0. The molecule has 0 saturated heterocycles. The summed E-state index contributed by atoms with van der Waals surface area (Å²) in [6.07, 6.45) is 1.49. The summed E-state index contributed by atoms with van der Waals surface area (Å²) in [5.41, 5.74) is 0.729. The molecule has 1 heterocycles. The average Bonchev–Trinajstić information content (AvgIpc) is 3.21. The van der Waals surface area contributed by atoms with Crippen LogP contribution in [0.2, 0.25) is 0 Å². The zero-order valence-electron chi connectivity index (χ0n) is 14.9. The molecule has 0 spiro atoms. The third-order valence-corrected chi connectivity index (χ3v) is 5.82. The Kier molecular flexibility index (Phi) is 6.23. The predicted molar refractivity (Wildman–Crippen MR) is 101 cm³/mol. The van der Waals surface area contributed by atoms with Crippen LogP contribution in [-0.4, -0.2) is 25.2 Å². The van der Waals surface area contributed by atoms with Gasteiger partial charge >= 0.3 is 0 Å². The molecule has 2 aromatic carbocycles. The van der Waals surface area contributed by atoms with Crippen LogP contribution < -0.4 is 5.32 Å². The van der Waals surface area contributed by atoms with Gasteiger partial charge in [0, 0.05) is 6.54 Å². The van der Waals surface area contributed by atoms with E-state index in [-0.39, 0.29) is 24.5 Å². The standard InChI is InChI=1S/C20H19FN2O4S/c21-17-8-10-19(11-9-17)28(25,26)23(14-16-5-2-1-3-6-16)15-20(24)22-13-18-7-4-12-27-18/h1-12H,13-15H2,(H,22,24). The highest BCUT2D eigenvalue weighted by Gasteiger charge is 2.27. The minimum Gasteiger partial charge on any atom is -0.467 e. The van der Waals surface area contributed by atoms with Gasteiger partial charge in [-0.15, -0.1) is 0 Å². The van der Waals surface area contributed by atoms with Gasteiger partial charge in [0.05, 0.1) is 24.2 Å². The minimum atomic E-state index is -4.00. The molecule has 1 aromatic heterocycles. The average molecular weight is 402 g/mol. The fraction of sp³-hybridized carbons (Fsp3) is 0.150. The number of halogens is 1. The molecule has 0 radical (unpaired) electrons. The first-order valence-electron chi connectivity index (χ1n) is 8.54. The lowest BCUT2D eigenvalue weighted by atomic mass is 10.2. The van der Waals surface area contributed by atoms with E-state index in [9.17, 15) is 17.6 Å². The van der Waals surface area contributed by atoms with Crippen molar-refractivity contribution in [1.82, 2.24) is 9.62 Å². The lowest BCUT2D eigenvalue weighted by molar-refractivity contribution is -0.121. The van der Waals surface area contributed by atoms with E-state index in [1.807, 2.05) is 6.07 Å². The maximum Gasteiger partial charge on any atom is 0.243 e. The SMILES string of the molecule is O=C(CN(Cc1ccccc1)S(=O)(=O)c1ccc(F)cc1)NCc1ccco1. The molecule has 0 bridgehead atoms. The molecule has 3 aromatic rings. The van der Waals surface area contributed by atoms with Gasteiger partial charge in [0.15, 0.2) is 0 Å². The number of hydrogen-bond donors (Lipinski definition) is 1. The van der Waals surface area contributed by atoms with Crippen molar-refractivity contribution >= 4 is 15.9 Å². The van der Waals surface area contributed by atoms with Crippen molar-refractivity contribution in [2.75, 3.05) is 6.54 Å². The quantitative estimate of drug-likeness (QED) is 0.628. The van der Waals surface area contributed by atoms with Gasteiger partial charge in [0.25, 0.3) is 0 Å². The van der Waals surface area contributed by atoms with Crippen molar-refractivity contribution in [2.45, 2.75) is 18.0 Å². The summed E-state index contributed by atoms with van der Waals surface area (Å²) in [5.74, 6) is -0.452. The van der Waals surface area contributed by atoms with Gasteiger partial charge in [-0.1, -0.05) is 30.3 Å². The molecule has 28 heavy (non-hydrogen) atoms. The van der Waals surface area contributed by atoms with Crippen molar-refractivity contribution < 1.29 is 22.0 Å². The number of sulfonamides is 1. The summed E-state index contributed by atoms with van der Waals surface area (Å²) in [6.45, 7) is -0.217. The summed E-state index contributed by atoms with van der Waals surface area (Å²) in [5, 5.41) is 2.64. The monoisotopic (exact) mass is 402 g/mol. The van der Waals surface area contributed by atoms with Crippen LogP contribution in [0, 0.1) is 5.82 Å². The van der Waals surface area contributed by atoms with Gasteiger partial charge < -0.3 is 9.73 Å². The lowest BCUT2D eigenvalue weighted by Gasteiger charge is -2.22. The normalized spacial score (nSPS) is 11.5. The molecule has 0 fully saturated rings. The Morgan fingerprint density at radius 2 is 1.71 bits per heavy atom. The van der Waals surface area contributed by atoms with Gasteiger partial charge in [0.1, 0.15) is 11.6 Å². The second-order valence-electron chi connectivity index (χ2n) is 6.07. The Hall–Kier alpha value is -2.97. The Morgan fingerprint density at radius 1 is 1.00 bits per heavy atom. The van der Waals surface area contributed by atoms with Gasteiger partial charge in [-0.3, -0.25) is 4.79 Å². The van der Waals surface area contributed by atoms with E-state index in [1.54, 1.807) is 36.4 Å². The van der Waals surface area contributed by atoms with E-state index in [1.165, 1.54) is 18.4 Å². The molecule has 1 amide bonds. The summed E-state index contributed by atoms with van der Waals surface area (Å²) in [4.78, 5) is 12.3. The van der Waals surface area contributed by atoms with Gasteiger partial charge in [-0.2, -0.15) is 4.31 Å². The zero-order valence-corrected chi connectivity index (χ0v) is 15.7. The van der Waals surface area contributed by atoms with Crippen molar-refractivity contribution in [2.24, 2.45) is 0 Å². The smallest absolute Gasteiger partial charge is 0.243 e. The first kappa shape index (κ1) is 19.8. The largest absolute Gasteiger partial charge is 0.467 e. The lowest BCUT2D eigenvalue weighted by Crippen LogP contribution is -2.40. The number of benzene rings is 2. The van der Waals surface area contributed by atoms with Crippen LogP contribution >= 0.6 is 0 Å². The maximum absolute atomic E-state index is 13.2. The minimum absolute atomic E-state index is 0.00865. The topological polar surface area (TPSA) is 79.6 Å². The van der Waals surface area contributed by atoms with Gasteiger partial charge in [-0.05, 0) is 42.0 Å². The Labute approximate surface area is 162 Å². The molecule has 3 rings (SSSR count). The number of rotatable bonds is 8. The maximum atomic E-state index is 13.2. The Balaban J connectivity index is 1.79. The number of hydrogen-bond acceptors (Lipinski definition) is 4. The van der Waals surface area contributed by atoms with E-state index in [2.05, 4.69) is 5.32 Å². The molecular formula is C20H19FN2O4S. The number of nitrogens with zero attached hydrogens (tertiary/aromatic N) is 1. The van der Waals surface area contributed by atoms with Crippen LogP contribution in [-0.2, 0) is 27.9 Å². The highest BCUT2D eigenvalue weighted by molar-refractivity contribution is 7.89. The highest BCUT2D eigenvalue weighted by atomic mass is 32.2. The molecule has 8 heteroatoms. The third-order valence-electron chi connectivity index (χ3n) is 4.01. The van der Waals surface area contributed by atoms with E-state index in [0.717, 1.165) is 22.0 Å². The van der Waals surface area contributed by atoms with Crippen molar-refractivity contribution in [3.8, 4) is 0 Å². The van der Waals surface area contributed by atoms with Crippen LogP contribution in [0.5, 0.6) is 0 Å². The third kappa shape index (κ3) is 5.05. The number of amides is 1. The van der Waals surface area contributed by atoms with Crippen molar-refractivity contribution in [3.05, 3.63) is 90.1 Å². The summed E-state index contributed by atoms with van der Waals surface area (Å²) in [7, 11) is -4.00. The summed E-state index contributed by atoms with van der Waals surface area (Å²) < 4.78 is 45.4. The molecule has 6 nitrogen and oxygen atoms in total. The molecular weight excluding hydrogens is 383 g/mol. The molecule has 1 N–H and O–H groups in total. The van der Waals surface area contributed by atoms with E-state index in [0.29, 0.717) is 5.76 Å². The molecule has 0 unspecified atom stereocenters. The molecule has 0 aliphatic rings. The molecule has 146 valence electrons. The number of furan rings is 1. The Morgan fingerprint density at radius 3 is 2.36 bits per heavy atom. The van der Waals surface area contributed by atoms with Crippen molar-refractivity contribution in [1.29, 1.82) is 0 Å². The van der Waals surface area contributed by atoms with Gasteiger partial charge in [-0.25, -0.2) is 12.8 Å². The number of nitrogens with one attached hydrogen (secondary N) is 1. The fourth-order valence-corrected chi connectivity index (χ4v) is 3.97. The fourth-order valence-electron chi connectivity index (χ4n) is 2.58. The predicted octanol–water partition coefficient (Wildman–Crippen LogP) is 2.93. The van der Waals surface area contributed by atoms with Crippen LogP contribution in [0.3, 0.4) is 0 Å². The van der Waals surface area contributed by atoms with Crippen molar-refractivity contribution in [3.63, 3.8) is 0 Å². The molecule has 0 aliphatic heterocycles. The zero-order chi connectivity index (χ0) is 20.0. The van der Waals surface area contributed by atoms with E-state index >= 15 is 0 Å². The second kappa shape index (κ2) is 8.81. The second-order valence-corrected chi connectivity index (χ2v) is 8.01. The first-order valence-corrected chi connectivity index (χ1v) is 9.98. The molecule has 0 saturated carbocycles. The Bertz CT molecular complexity index is 1000. The van der Waals surface area contributed by atoms with Crippen LogP contribution in [0.1, 0.15) is 11.3 Å². The molecule has 0 aliphatic carbocycles. The first-order chi connectivity index (χ1) is 13.4. The number of carbonyl (C=O) groups excluding carboxylic acids is 1. The van der Waals surface area contributed by atoms with Gasteiger partial charge in [0.2, 0.25) is 15.9 Å². The van der Waals surface area contributed by atoms with Crippen LogP contribution in [0.25, 0.3) is 0 Å². The van der Waals surface area contributed by atoms with Crippen LogP contribution in [0.4, 0.5) is 4.39 Å². The number of carbonyl (C=O) groups is 1. The summed E-state index contributed by atoms with van der Waals surface area (Å²) in [6, 6.07) is 16.9. The molecule has 0 atom stereocenters. The highest BCUT2D eigenvalue weighted by Crippen LogP contribution is 2.19. The van der Waals surface area contributed by atoms with Crippen LogP contribution in [0.15, 0.2) is 82.3 Å².